The normalized spacial score (nSPS) is 12.8. The Labute approximate surface area is 170 Å². The van der Waals surface area contributed by atoms with Crippen LogP contribution in [-0.2, 0) is 9.59 Å². The van der Waals surface area contributed by atoms with Crippen molar-refractivity contribution in [2.24, 2.45) is 0 Å². The fraction of sp³-hybridized carbons (Fsp3) is 0.364. The van der Waals surface area contributed by atoms with E-state index in [1.54, 1.807) is 43.4 Å². The lowest BCUT2D eigenvalue weighted by Crippen LogP contribution is -2.38. The Morgan fingerprint density at radius 2 is 1.79 bits per heavy atom. The lowest BCUT2D eigenvalue weighted by Gasteiger charge is -2.22. The third-order valence-corrected chi connectivity index (χ3v) is 4.66. The van der Waals surface area contributed by atoms with Crippen LogP contribution < -0.4 is 19.5 Å². The smallest absolute Gasteiger partial charge is 0.260 e. The molecular weight excluding hydrogens is 372 g/mol. The van der Waals surface area contributed by atoms with Crippen molar-refractivity contribution >= 4 is 17.5 Å². The molecule has 0 heterocycles. The molecule has 3 rings (SSSR count). The molecule has 1 aliphatic rings. The molecule has 0 radical (unpaired) electrons. The van der Waals surface area contributed by atoms with Crippen molar-refractivity contribution in [3.8, 4) is 17.2 Å². The van der Waals surface area contributed by atoms with Crippen molar-refractivity contribution in [3.05, 3.63) is 48.5 Å². The van der Waals surface area contributed by atoms with E-state index < -0.39 is 0 Å². The molecule has 1 aliphatic carbocycles. The van der Waals surface area contributed by atoms with Crippen LogP contribution in [-0.4, -0.2) is 50.1 Å². The summed E-state index contributed by atoms with van der Waals surface area (Å²) in [5.74, 6) is 1.49. The van der Waals surface area contributed by atoms with Crippen LogP contribution in [0.15, 0.2) is 48.5 Å². The van der Waals surface area contributed by atoms with Gasteiger partial charge in [-0.1, -0.05) is 18.2 Å². The summed E-state index contributed by atoms with van der Waals surface area (Å²) in [4.78, 5) is 26.7. The maximum absolute atomic E-state index is 12.7. The quantitative estimate of drug-likeness (QED) is 0.665. The van der Waals surface area contributed by atoms with Crippen LogP contribution in [0.4, 0.5) is 5.69 Å². The van der Waals surface area contributed by atoms with Gasteiger partial charge in [0.05, 0.1) is 14.2 Å². The summed E-state index contributed by atoms with van der Waals surface area (Å²) in [6, 6.07) is 14.6. The Kier molecular flexibility index (Phi) is 6.94. The van der Waals surface area contributed by atoms with Crippen LogP contribution in [0, 0.1) is 0 Å². The van der Waals surface area contributed by atoms with E-state index in [1.807, 2.05) is 24.3 Å². The fourth-order valence-electron chi connectivity index (χ4n) is 3.00. The number of carbonyl (C=O) groups is 2. The molecule has 0 unspecified atom stereocenters. The van der Waals surface area contributed by atoms with E-state index in [4.69, 9.17) is 14.2 Å². The van der Waals surface area contributed by atoms with Crippen LogP contribution in [0.2, 0.25) is 0 Å². The second-order valence-electron chi connectivity index (χ2n) is 6.79. The molecule has 7 heteroatoms. The molecule has 2 amide bonds. The van der Waals surface area contributed by atoms with Gasteiger partial charge in [0, 0.05) is 30.8 Å². The molecule has 7 nitrogen and oxygen atoms in total. The number of para-hydroxylation sites is 2. The van der Waals surface area contributed by atoms with Crippen LogP contribution in [0.1, 0.15) is 19.3 Å². The highest BCUT2D eigenvalue weighted by molar-refractivity contribution is 5.91. The van der Waals surface area contributed by atoms with E-state index in [0.717, 1.165) is 12.8 Å². The van der Waals surface area contributed by atoms with Gasteiger partial charge in [-0.15, -0.1) is 0 Å². The van der Waals surface area contributed by atoms with E-state index in [2.05, 4.69) is 5.32 Å². The zero-order valence-corrected chi connectivity index (χ0v) is 16.7. The lowest BCUT2D eigenvalue weighted by atomic mass is 10.2. The molecule has 0 atom stereocenters. The summed E-state index contributed by atoms with van der Waals surface area (Å²) in [5.41, 5.74) is 0.665. The van der Waals surface area contributed by atoms with E-state index in [-0.39, 0.29) is 30.9 Å². The highest BCUT2D eigenvalue weighted by atomic mass is 16.5. The molecule has 0 bridgehead atoms. The standard InChI is InChI=1S/C22H26N2O5/c1-27-18-7-5-6-16(14-18)23-21(25)12-13-24(17-10-11-17)22(26)15-29-20-9-4-3-8-19(20)28-2/h3-9,14,17H,10-13,15H2,1-2H3,(H,23,25). The summed E-state index contributed by atoms with van der Waals surface area (Å²) in [6.07, 6.45) is 2.13. The van der Waals surface area contributed by atoms with Gasteiger partial charge in [0.15, 0.2) is 18.1 Å². The van der Waals surface area contributed by atoms with Gasteiger partial charge in [-0.2, -0.15) is 0 Å². The molecule has 2 aromatic rings. The van der Waals surface area contributed by atoms with E-state index >= 15 is 0 Å². The minimum absolute atomic E-state index is 0.0889. The zero-order valence-electron chi connectivity index (χ0n) is 16.7. The Hall–Kier alpha value is -3.22. The third-order valence-electron chi connectivity index (χ3n) is 4.66. The predicted octanol–water partition coefficient (Wildman–Crippen LogP) is 3.10. The van der Waals surface area contributed by atoms with Gasteiger partial charge in [-0.05, 0) is 37.1 Å². The lowest BCUT2D eigenvalue weighted by molar-refractivity contribution is -0.134. The van der Waals surface area contributed by atoms with Crippen molar-refractivity contribution in [1.82, 2.24) is 4.90 Å². The Morgan fingerprint density at radius 1 is 1.03 bits per heavy atom. The number of hydrogen-bond donors (Lipinski definition) is 1. The summed E-state index contributed by atoms with van der Waals surface area (Å²) >= 11 is 0. The zero-order chi connectivity index (χ0) is 20.6. The van der Waals surface area contributed by atoms with Gasteiger partial charge in [-0.3, -0.25) is 9.59 Å². The highest BCUT2D eigenvalue weighted by Gasteiger charge is 2.32. The minimum atomic E-state index is -0.151. The first-order chi connectivity index (χ1) is 14.1. The minimum Gasteiger partial charge on any atom is -0.497 e. The number of hydrogen-bond acceptors (Lipinski definition) is 5. The highest BCUT2D eigenvalue weighted by Crippen LogP contribution is 2.29. The first kappa shape index (κ1) is 20.5. The molecule has 0 aliphatic heterocycles. The second-order valence-corrected chi connectivity index (χ2v) is 6.79. The third kappa shape index (κ3) is 5.88. The molecule has 154 valence electrons. The number of benzene rings is 2. The Balaban J connectivity index is 1.51. The number of nitrogens with zero attached hydrogens (tertiary/aromatic N) is 1. The van der Waals surface area contributed by atoms with Crippen molar-refractivity contribution in [1.29, 1.82) is 0 Å². The molecule has 0 aromatic heterocycles. The topological polar surface area (TPSA) is 77.1 Å². The SMILES string of the molecule is COc1cccc(NC(=O)CCN(C(=O)COc2ccccc2OC)C2CC2)c1. The molecular formula is C22H26N2O5. The van der Waals surface area contributed by atoms with Crippen molar-refractivity contribution in [2.45, 2.75) is 25.3 Å². The number of rotatable bonds is 10. The monoisotopic (exact) mass is 398 g/mol. The van der Waals surface area contributed by atoms with E-state index in [0.29, 0.717) is 29.5 Å². The van der Waals surface area contributed by atoms with Crippen molar-refractivity contribution in [3.63, 3.8) is 0 Å². The molecule has 1 saturated carbocycles. The van der Waals surface area contributed by atoms with Gasteiger partial charge >= 0.3 is 0 Å². The first-order valence-electron chi connectivity index (χ1n) is 9.60. The van der Waals surface area contributed by atoms with E-state index in [1.165, 1.54) is 0 Å². The van der Waals surface area contributed by atoms with Crippen LogP contribution in [0.25, 0.3) is 0 Å². The number of nitrogens with one attached hydrogen (secondary N) is 1. The first-order valence-corrected chi connectivity index (χ1v) is 9.60. The average molecular weight is 398 g/mol. The number of methoxy groups -OCH3 is 2. The molecule has 0 spiro atoms. The second kappa shape index (κ2) is 9.82. The molecule has 29 heavy (non-hydrogen) atoms. The summed E-state index contributed by atoms with van der Waals surface area (Å²) < 4.78 is 16.0. The molecule has 0 saturated heterocycles. The predicted molar refractivity (Wildman–Crippen MR) is 109 cm³/mol. The summed E-state index contributed by atoms with van der Waals surface area (Å²) in [6.45, 7) is 0.267. The largest absolute Gasteiger partial charge is 0.497 e. The fourth-order valence-corrected chi connectivity index (χ4v) is 3.00. The van der Waals surface area contributed by atoms with Crippen LogP contribution >= 0.6 is 0 Å². The van der Waals surface area contributed by atoms with Gasteiger partial charge in [-0.25, -0.2) is 0 Å². The van der Waals surface area contributed by atoms with Crippen LogP contribution in [0.5, 0.6) is 17.2 Å². The average Bonchev–Trinajstić information content (AvgIpc) is 3.58. The van der Waals surface area contributed by atoms with Crippen molar-refractivity contribution < 1.29 is 23.8 Å². The van der Waals surface area contributed by atoms with Crippen molar-refractivity contribution in [2.75, 3.05) is 32.7 Å². The molecule has 2 aromatic carbocycles. The summed E-state index contributed by atoms with van der Waals surface area (Å²) in [7, 11) is 3.13. The number of amides is 2. The number of anilines is 1. The van der Waals surface area contributed by atoms with Gasteiger partial charge < -0.3 is 24.4 Å². The molecule has 1 fully saturated rings. The van der Waals surface area contributed by atoms with Gasteiger partial charge in [0.2, 0.25) is 5.91 Å². The maximum Gasteiger partial charge on any atom is 0.260 e. The van der Waals surface area contributed by atoms with Gasteiger partial charge in [0.25, 0.3) is 5.91 Å². The maximum atomic E-state index is 12.7. The van der Waals surface area contributed by atoms with Gasteiger partial charge in [0.1, 0.15) is 5.75 Å². The molecule has 1 N–H and O–H groups in total. The number of ether oxygens (including phenoxy) is 3. The van der Waals surface area contributed by atoms with E-state index in [9.17, 15) is 9.59 Å². The number of carbonyl (C=O) groups excluding carboxylic acids is 2. The Morgan fingerprint density at radius 3 is 2.48 bits per heavy atom. The van der Waals surface area contributed by atoms with Crippen LogP contribution in [0.3, 0.4) is 0 Å². The Bertz CT molecular complexity index is 851. The summed E-state index contributed by atoms with van der Waals surface area (Å²) in [5, 5.41) is 2.84.